The molecular weight excluding hydrogens is 340 g/mol. The molecule has 0 spiro atoms. The van der Waals surface area contributed by atoms with Crippen molar-refractivity contribution < 1.29 is 4.79 Å². The maximum Gasteiger partial charge on any atom is 0.256 e. The Morgan fingerprint density at radius 2 is 2.08 bits per heavy atom. The van der Waals surface area contributed by atoms with Crippen LogP contribution in [0.4, 0.5) is 5.82 Å². The Hall–Kier alpha value is -2.64. The molecule has 130 valence electrons. The predicted molar refractivity (Wildman–Crippen MR) is 96.7 cm³/mol. The van der Waals surface area contributed by atoms with Crippen LogP contribution in [-0.2, 0) is 13.1 Å². The van der Waals surface area contributed by atoms with Gasteiger partial charge in [0.1, 0.15) is 0 Å². The van der Waals surface area contributed by atoms with E-state index >= 15 is 0 Å². The van der Waals surface area contributed by atoms with Crippen LogP contribution in [0.3, 0.4) is 0 Å². The number of nitrogens with zero attached hydrogens (tertiary/aromatic N) is 4. The van der Waals surface area contributed by atoms with Gasteiger partial charge >= 0.3 is 0 Å². The van der Waals surface area contributed by atoms with Crippen LogP contribution in [0, 0.1) is 0 Å². The SMILES string of the molecule is CN(C)Cc1cc(NC(=O)c2ccc(Cn3cc(Cl)cn3)cc2)n[nH]1. The Labute approximate surface area is 150 Å². The Bertz CT molecular complexity index is 852. The molecule has 1 amide bonds. The largest absolute Gasteiger partial charge is 0.305 e. The molecule has 0 fully saturated rings. The van der Waals surface area contributed by atoms with Crippen molar-refractivity contribution in [2.24, 2.45) is 0 Å². The summed E-state index contributed by atoms with van der Waals surface area (Å²) in [6, 6.07) is 9.18. The Morgan fingerprint density at radius 1 is 1.32 bits per heavy atom. The summed E-state index contributed by atoms with van der Waals surface area (Å²) < 4.78 is 1.74. The maximum absolute atomic E-state index is 12.3. The van der Waals surface area contributed by atoms with E-state index in [2.05, 4.69) is 20.6 Å². The van der Waals surface area contributed by atoms with Gasteiger partial charge in [-0.15, -0.1) is 0 Å². The van der Waals surface area contributed by atoms with Gasteiger partial charge < -0.3 is 10.2 Å². The van der Waals surface area contributed by atoms with Gasteiger partial charge in [0.05, 0.1) is 23.5 Å². The van der Waals surface area contributed by atoms with Crippen molar-refractivity contribution in [1.82, 2.24) is 24.9 Å². The number of aromatic nitrogens is 4. The lowest BCUT2D eigenvalue weighted by Crippen LogP contribution is -2.12. The summed E-state index contributed by atoms with van der Waals surface area (Å²) in [5, 5.41) is 14.5. The molecule has 25 heavy (non-hydrogen) atoms. The molecule has 8 heteroatoms. The number of H-pyrrole nitrogens is 1. The predicted octanol–water partition coefficient (Wildman–Crippen LogP) is 2.62. The maximum atomic E-state index is 12.3. The molecule has 0 aliphatic heterocycles. The van der Waals surface area contributed by atoms with Crippen LogP contribution >= 0.6 is 11.6 Å². The average molecular weight is 359 g/mol. The van der Waals surface area contributed by atoms with Gasteiger partial charge in [0.25, 0.3) is 5.91 Å². The van der Waals surface area contributed by atoms with E-state index in [9.17, 15) is 4.79 Å². The number of hydrogen-bond donors (Lipinski definition) is 2. The quantitative estimate of drug-likeness (QED) is 0.710. The van der Waals surface area contributed by atoms with Crippen LogP contribution in [-0.4, -0.2) is 44.9 Å². The summed E-state index contributed by atoms with van der Waals surface area (Å²) in [7, 11) is 3.94. The van der Waals surface area contributed by atoms with E-state index in [0.29, 0.717) is 22.9 Å². The second-order valence-corrected chi connectivity index (χ2v) is 6.46. The Kier molecular flexibility index (Phi) is 5.16. The minimum Gasteiger partial charge on any atom is -0.305 e. The highest BCUT2D eigenvalue weighted by Gasteiger charge is 2.09. The first-order valence-corrected chi connectivity index (χ1v) is 8.14. The molecule has 0 aliphatic rings. The zero-order chi connectivity index (χ0) is 17.8. The highest BCUT2D eigenvalue weighted by atomic mass is 35.5. The third-order valence-corrected chi connectivity index (χ3v) is 3.72. The molecular formula is C17H19ClN6O. The second kappa shape index (κ2) is 7.50. The van der Waals surface area contributed by atoms with Crippen molar-refractivity contribution in [1.29, 1.82) is 0 Å². The first-order chi connectivity index (χ1) is 12.0. The topological polar surface area (TPSA) is 78.8 Å². The van der Waals surface area contributed by atoms with Gasteiger partial charge in [-0.3, -0.25) is 14.6 Å². The van der Waals surface area contributed by atoms with E-state index in [1.54, 1.807) is 29.2 Å². The molecule has 3 rings (SSSR count). The highest BCUT2D eigenvalue weighted by Crippen LogP contribution is 2.12. The smallest absolute Gasteiger partial charge is 0.256 e. The molecule has 0 saturated heterocycles. The van der Waals surface area contributed by atoms with Crippen LogP contribution in [0.1, 0.15) is 21.6 Å². The van der Waals surface area contributed by atoms with E-state index in [1.165, 1.54) is 0 Å². The van der Waals surface area contributed by atoms with Gasteiger partial charge in [-0.1, -0.05) is 23.7 Å². The standard InChI is InChI=1S/C17H19ClN6O/c1-23(2)11-15-7-16(22-21-15)20-17(25)13-5-3-12(4-6-13)9-24-10-14(18)8-19-24/h3-8,10H,9,11H2,1-2H3,(H2,20,21,22,25). The number of carbonyl (C=O) groups excluding carboxylic acids is 1. The summed E-state index contributed by atoms with van der Waals surface area (Å²) in [6.07, 6.45) is 3.35. The van der Waals surface area contributed by atoms with Gasteiger partial charge in [0, 0.05) is 24.4 Å². The van der Waals surface area contributed by atoms with Crippen molar-refractivity contribution in [3.63, 3.8) is 0 Å². The fourth-order valence-electron chi connectivity index (χ4n) is 2.41. The summed E-state index contributed by atoms with van der Waals surface area (Å²) in [4.78, 5) is 14.3. The van der Waals surface area contributed by atoms with Crippen molar-refractivity contribution in [2.45, 2.75) is 13.1 Å². The minimum atomic E-state index is -0.198. The number of carbonyl (C=O) groups is 1. The average Bonchev–Trinajstić information content (AvgIpc) is 3.16. The summed E-state index contributed by atoms with van der Waals surface area (Å²) in [5.74, 6) is 0.314. The monoisotopic (exact) mass is 358 g/mol. The molecule has 0 atom stereocenters. The van der Waals surface area contributed by atoms with Gasteiger partial charge in [-0.25, -0.2) is 0 Å². The third-order valence-electron chi connectivity index (χ3n) is 3.52. The Morgan fingerprint density at radius 3 is 2.72 bits per heavy atom. The molecule has 2 heterocycles. The highest BCUT2D eigenvalue weighted by molar-refractivity contribution is 6.30. The fraction of sp³-hybridized carbons (Fsp3) is 0.235. The molecule has 0 unspecified atom stereocenters. The van der Waals surface area contributed by atoms with Gasteiger partial charge in [0.15, 0.2) is 5.82 Å². The first kappa shape index (κ1) is 17.2. The first-order valence-electron chi connectivity index (χ1n) is 7.77. The van der Waals surface area contributed by atoms with Crippen molar-refractivity contribution in [3.05, 3.63) is 64.6 Å². The number of nitrogens with one attached hydrogen (secondary N) is 2. The van der Waals surface area contributed by atoms with E-state index < -0.39 is 0 Å². The molecule has 1 aromatic carbocycles. The van der Waals surface area contributed by atoms with Gasteiger partial charge in [-0.05, 0) is 31.8 Å². The van der Waals surface area contributed by atoms with E-state index in [0.717, 1.165) is 17.8 Å². The van der Waals surface area contributed by atoms with E-state index in [-0.39, 0.29) is 5.91 Å². The molecule has 0 aliphatic carbocycles. The van der Waals surface area contributed by atoms with Crippen LogP contribution in [0.2, 0.25) is 5.02 Å². The van der Waals surface area contributed by atoms with Crippen molar-refractivity contribution in [3.8, 4) is 0 Å². The zero-order valence-corrected chi connectivity index (χ0v) is 14.8. The third kappa shape index (κ3) is 4.68. The van der Waals surface area contributed by atoms with Crippen LogP contribution < -0.4 is 5.32 Å². The zero-order valence-electron chi connectivity index (χ0n) is 14.0. The van der Waals surface area contributed by atoms with Crippen LogP contribution in [0.25, 0.3) is 0 Å². The number of rotatable bonds is 6. The molecule has 2 N–H and O–H groups in total. The van der Waals surface area contributed by atoms with Crippen molar-refractivity contribution in [2.75, 3.05) is 19.4 Å². The summed E-state index contributed by atoms with van der Waals surface area (Å²) in [5.41, 5.74) is 2.54. The number of anilines is 1. The number of hydrogen-bond acceptors (Lipinski definition) is 4. The Balaban J connectivity index is 1.61. The lowest BCUT2D eigenvalue weighted by Gasteiger charge is -2.06. The molecule has 0 saturated carbocycles. The number of aromatic amines is 1. The lowest BCUT2D eigenvalue weighted by atomic mass is 10.1. The van der Waals surface area contributed by atoms with Crippen LogP contribution in [0.15, 0.2) is 42.7 Å². The fourth-order valence-corrected chi connectivity index (χ4v) is 2.57. The molecule has 0 radical (unpaired) electrons. The molecule has 3 aromatic rings. The number of halogens is 1. The van der Waals surface area contributed by atoms with E-state index in [1.807, 2.05) is 37.2 Å². The minimum absolute atomic E-state index is 0.198. The van der Waals surface area contributed by atoms with E-state index in [4.69, 9.17) is 11.6 Å². The molecule has 0 bridgehead atoms. The van der Waals surface area contributed by atoms with Gasteiger partial charge in [0.2, 0.25) is 0 Å². The molecule has 2 aromatic heterocycles. The number of amides is 1. The van der Waals surface area contributed by atoms with Gasteiger partial charge in [-0.2, -0.15) is 10.2 Å². The number of benzene rings is 1. The van der Waals surface area contributed by atoms with Crippen LogP contribution in [0.5, 0.6) is 0 Å². The van der Waals surface area contributed by atoms with Crippen molar-refractivity contribution >= 4 is 23.3 Å². The summed E-state index contributed by atoms with van der Waals surface area (Å²) in [6.45, 7) is 1.33. The normalized spacial score (nSPS) is 11.0. The second-order valence-electron chi connectivity index (χ2n) is 6.02. The summed E-state index contributed by atoms with van der Waals surface area (Å²) >= 11 is 5.85. The lowest BCUT2D eigenvalue weighted by molar-refractivity contribution is 0.102. The molecule has 7 nitrogen and oxygen atoms in total.